The lowest BCUT2D eigenvalue weighted by Crippen LogP contribution is -2.63. The molecule has 6 nitrogen and oxygen atoms in total. The van der Waals surface area contributed by atoms with Gasteiger partial charge in [-0.15, -0.1) is 12.4 Å². The average molecular weight is 450 g/mol. The molecule has 2 atom stereocenters. The highest BCUT2D eigenvalue weighted by atomic mass is 35.5. The number of rotatable bonds is 6. The van der Waals surface area contributed by atoms with Gasteiger partial charge in [-0.2, -0.15) is 0 Å². The molecular weight excluding hydrogens is 414 g/mol. The van der Waals surface area contributed by atoms with Gasteiger partial charge in [0, 0.05) is 68.3 Å². The molecule has 4 fully saturated rings. The van der Waals surface area contributed by atoms with Gasteiger partial charge in [0.05, 0.1) is 18.9 Å². The summed E-state index contributed by atoms with van der Waals surface area (Å²) in [5.74, 6) is 1.59. The maximum Gasteiger partial charge on any atom is 0.226 e. The van der Waals surface area contributed by atoms with Crippen molar-refractivity contribution in [2.45, 2.75) is 45.6 Å². The Balaban J connectivity index is 0.00000231. The van der Waals surface area contributed by atoms with Gasteiger partial charge in [-0.25, -0.2) is 0 Å². The zero-order chi connectivity index (χ0) is 20.8. The molecule has 172 valence electrons. The summed E-state index contributed by atoms with van der Waals surface area (Å²) in [7, 11) is 0. The normalized spacial score (nSPS) is 28.8. The van der Waals surface area contributed by atoms with Crippen molar-refractivity contribution in [3.8, 4) is 0 Å². The van der Waals surface area contributed by atoms with Crippen LogP contribution in [0.15, 0.2) is 18.2 Å². The molecule has 31 heavy (non-hydrogen) atoms. The number of likely N-dealkylation sites (tertiary alicyclic amines) is 1. The number of aromatic nitrogens is 1. The van der Waals surface area contributed by atoms with Crippen LogP contribution in [0.25, 0.3) is 0 Å². The summed E-state index contributed by atoms with van der Waals surface area (Å²) in [6.07, 6.45) is 3.15. The van der Waals surface area contributed by atoms with Crippen LogP contribution in [-0.2, 0) is 20.9 Å². The zero-order valence-corrected chi connectivity index (χ0v) is 19.6. The summed E-state index contributed by atoms with van der Waals surface area (Å²) in [6, 6.07) is 6.30. The molecule has 1 aliphatic carbocycles. The number of carbonyl (C=O) groups is 1. The molecule has 4 aliphatic rings. The molecule has 0 aromatic carbocycles. The van der Waals surface area contributed by atoms with Crippen LogP contribution in [0.1, 0.15) is 50.4 Å². The Kier molecular flexibility index (Phi) is 6.64. The molecule has 1 unspecified atom stereocenters. The highest BCUT2D eigenvalue weighted by Gasteiger charge is 2.58. The molecule has 1 N–H and O–H groups in total. The average Bonchev–Trinajstić information content (AvgIpc) is 3.17. The molecule has 1 aromatic rings. The number of ether oxygens (including phenoxy) is 2. The van der Waals surface area contributed by atoms with E-state index in [0.29, 0.717) is 24.3 Å². The number of carbonyl (C=O) groups excluding carboxylic acids is 1. The first-order chi connectivity index (χ1) is 14.5. The minimum Gasteiger partial charge on any atom is -0.381 e. The maximum absolute atomic E-state index is 12.7. The molecule has 1 amide bonds. The van der Waals surface area contributed by atoms with Crippen molar-refractivity contribution in [2.24, 2.45) is 22.7 Å². The first-order valence-corrected chi connectivity index (χ1v) is 11.6. The Morgan fingerprint density at radius 3 is 2.74 bits per heavy atom. The predicted molar refractivity (Wildman–Crippen MR) is 121 cm³/mol. The molecule has 1 spiro atoms. The van der Waals surface area contributed by atoms with Gasteiger partial charge in [-0.1, -0.05) is 19.9 Å². The van der Waals surface area contributed by atoms with Crippen molar-refractivity contribution < 1.29 is 14.3 Å². The fourth-order valence-electron chi connectivity index (χ4n) is 5.55. The van der Waals surface area contributed by atoms with Crippen molar-refractivity contribution in [2.75, 3.05) is 46.0 Å². The lowest BCUT2D eigenvalue weighted by atomic mass is 9.71. The number of amides is 1. The summed E-state index contributed by atoms with van der Waals surface area (Å²) in [5, 5.41) is 3.54. The van der Waals surface area contributed by atoms with E-state index in [0.717, 1.165) is 71.0 Å². The minimum absolute atomic E-state index is 0. The summed E-state index contributed by atoms with van der Waals surface area (Å²) < 4.78 is 11.6. The Labute approximate surface area is 191 Å². The third-order valence-electron chi connectivity index (χ3n) is 7.91. The highest BCUT2D eigenvalue weighted by molar-refractivity contribution is 5.85. The number of halogens is 1. The minimum atomic E-state index is 0. The van der Waals surface area contributed by atoms with E-state index < -0.39 is 0 Å². The predicted octanol–water partition coefficient (Wildman–Crippen LogP) is 3.01. The van der Waals surface area contributed by atoms with Crippen LogP contribution < -0.4 is 5.32 Å². The number of hydrogen-bond donors (Lipinski definition) is 1. The third kappa shape index (κ3) is 4.63. The number of nitrogens with zero attached hydrogens (tertiary/aromatic N) is 2. The van der Waals surface area contributed by atoms with Crippen LogP contribution in [0, 0.1) is 22.7 Å². The van der Waals surface area contributed by atoms with Crippen LogP contribution in [0.5, 0.6) is 0 Å². The van der Waals surface area contributed by atoms with Gasteiger partial charge in [0.25, 0.3) is 0 Å². The SMILES string of the molecule is CC1(C)C[C@@H]1C(=O)N1CC2(CNCC2COCc2cccc(C3CCOCC3)n2)C1.Cl. The number of pyridine rings is 1. The molecule has 0 bridgehead atoms. The molecule has 0 radical (unpaired) electrons. The highest BCUT2D eigenvalue weighted by Crippen LogP contribution is 2.54. The second-order valence-corrected chi connectivity index (χ2v) is 10.6. The van der Waals surface area contributed by atoms with E-state index in [2.05, 4.69) is 42.3 Å². The van der Waals surface area contributed by atoms with E-state index in [4.69, 9.17) is 14.5 Å². The maximum atomic E-state index is 12.7. The fourth-order valence-corrected chi connectivity index (χ4v) is 5.55. The van der Waals surface area contributed by atoms with E-state index in [-0.39, 0.29) is 29.2 Å². The Morgan fingerprint density at radius 1 is 1.29 bits per heavy atom. The molecule has 7 heteroatoms. The van der Waals surface area contributed by atoms with Gasteiger partial charge in [0.2, 0.25) is 5.91 Å². The van der Waals surface area contributed by atoms with E-state index in [1.807, 2.05) is 0 Å². The Hall–Kier alpha value is -1.21. The Bertz CT molecular complexity index is 790. The van der Waals surface area contributed by atoms with Crippen LogP contribution in [0.4, 0.5) is 0 Å². The summed E-state index contributed by atoms with van der Waals surface area (Å²) in [6.45, 7) is 11.1. The lowest BCUT2D eigenvalue weighted by molar-refractivity contribution is -0.148. The molecule has 1 aromatic heterocycles. The second-order valence-electron chi connectivity index (χ2n) is 10.6. The first-order valence-electron chi connectivity index (χ1n) is 11.6. The standard InChI is InChI=1S/C24H35N3O3.ClH/c1-23(2)10-20(23)22(28)27-15-24(16-27)14-25-11-18(24)12-30-13-19-4-3-5-21(26-19)17-6-8-29-9-7-17;/h3-5,17-18,20,25H,6-16H2,1-2H3;1H/t18?,20-;/m1./s1. The largest absolute Gasteiger partial charge is 0.381 e. The summed E-state index contributed by atoms with van der Waals surface area (Å²) >= 11 is 0. The van der Waals surface area contributed by atoms with Gasteiger partial charge >= 0.3 is 0 Å². The fraction of sp³-hybridized carbons (Fsp3) is 0.750. The van der Waals surface area contributed by atoms with Crippen LogP contribution >= 0.6 is 12.4 Å². The summed E-state index contributed by atoms with van der Waals surface area (Å²) in [5.41, 5.74) is 2.60. The van der Waals surface area contributed by atoms with Crippen molar-refractivity contribution >= 4 is 18.3 Å². The van der Waals surface area contributed by atoms with E-state index in [9.17, 15) is 4.79 Å². The van der Waals surface area contributed by atoms with Gasteiger partial charge in [0.1, 0.15) is 0 Å². The quantitative estimate of drug-likeness (QED) is 0.723. The molecule has 4 heterocycles. The first kappa shape index (κ1) is 23.0. The van der Waals surface area contributed by atoms with Gasteiger partial charge in [-0.3, -0.25) is 9.78 Å². The molecule has 1 saturated carbocycles. The monoisotopic (exact) mass is 449 g/mol. The van der Waals surface area contributed by atoms with Crippen molar-refractivity contribution in [3.63, 3.8) is 0 Å². The third-order valence-corrected chi connectivity index (χ3v) is 7.91. The number of hydrogen-bond acceptors (Lipinski definition) is 5. The van der Waals surface area contributed by atoms with Gasteiger partial charge < -0.3 is 19.7 Å². The second kappa shape index (κ2) is 8.97. The van der Waals surface area contributed by atoms with Crippen LogP contribution in [-0.4, -0.2) is 61.8 Å². The van der Waals surface area contributed by atoms with Crippen molar-refractivity contribution in [1.82, 2.24) is 15.2 Å². The molecule has 5 rings (SSSR count). The number of nitrogens with one attached hydrogen (secondary N) is 1. The Morgan fingerprint density at radius 2 is 2.03 bits per heavy atom. The van der Waals surface area contributed by atoms with Gasteiger partial charge in [0.15, 0.2) is 0 Å². The van der Waals surface area contributed by atoms with E-state index in [1.54, 1.807) is 0 Å². The summed E-state index contributed by atoms with van der Waals surface area (Å²) in [4.78, 5) is 19.6. The topological polar surface area (TPSA) is 63.7 Å². The lowest BCUT2D eigenvalue weighted by Gasteiger charge is -2.51. The smallest absolute Gasteiger partial charge is 0.226 e. The van der Waals surface area contributed by atoms with E-state index in [1.165, 1.54) is 5.69 Å². The van der Waals surface area contributed by atoms with Gasteiger partial charge in [-0.05, 0) is 36.8 Å². The zero-order valence-electron chi connectivity index (χ0n) is 18.8. The van der Waals surface area contributed by atoms with Crippen LogP contribution in [0.2, 0.25) is 0 Å². The van der Waals surface area contributed by atoms with Crippen LogP contribution in [0.3, 0.4) is 0 Å². The molecular formula is C24H36ClN3O3. The molecule has 3 aliphatic heterocycles. The van der Waals surface area contributed by atoms with Crippen molar-refractivity contribution in [1.29, 1.82) is 0 Å². The van der Waals surface area contributed by atoms with E-state index >= 15 is 0 Å². The molecule has 3 saturated heterocycles. The van der Waals surface area contributed by atoms with Crippen molar-refractivity contribution in [3.05, 3.63) is 29.6 Å².